The second-order valence-corrected chi connectivity index (χ2v) is 7.92. The maximum atomic E-state index is 11.4. The molecule has 0 unspecified atom stereocenters. The van der Waals surface area contributed by atoms with Gasteiger partial charge in [0.15, 0.2) is 11.6 Å². The Morgan fingerprint density at radius 2 is 0.968 bits per heavy atom. The summed E-state index contributed by atoms with van der Waals surface area (Å²) in [5, 5.41) is 19.3. The molecule has 0 aliphatic carbocycles. The molecule has 0 aliphatic rings. The van der Waals surface area contributed by atoms with Gasteiger partial charge in [-0.25, -0.2) is 0 Å². The van der Waals surface area contributed by atoms with Crippen LogP contribution in [0.4, 0.5) is 0 Å². The molecule has 0 amide bonds. The van der Waals surface area contributed by atoms with Crippen LogP contribution in [-0.2, 0) is 26.7 Å². The molecule has 5 heteroatoms. The van der Waals surface area contributed by atoms with E-state index in [1.807, 2.05) is 64.1 Å². The summed E-state index contributed by atoms with van der Waals surface area (Å²) in [6.07, 6.45) is 3.54. The van der Waals surface area contributed by atoms with E-state index in [1.54, 1.807) is 24.3 Å². The quantitative estimate of drug-likeness (QED) is 0.265. The Morgan fingerprint density at radius 3 is 1.23 bits per heavy atom. The van der Waals surface area contributed by atoms with E-state index in [4.69, 9.17) is 0 Å². The third kappa shape index (κ3) is 12.6. The Balaban J connectivity index is 0.000000562. The van der Waals surface area contributed by atoms with Gasteiger partial charge in [-0.1, -0.05) is 88.4 Å². The van der Waals surface area contributed by atoms with Gasteiger partial charge in [0.2, 0.25) is 0 Å². The van der Waals surface area contributed by atoms with Crippen molar-refractivity contribution in [3.05, 3.63) is 83.9 Å². The van der Waals surface area contributed by atoms with Crippen molar-refractivity contribution in [2.75, 3.05) is 0 Å². The third-order valence-corrected chi connectivity index (χ3v) is 3.95. The van der Waals surface area contributed by atoms with Crippen molar-refractivity contribution in [2.45, 2.75) is 40.5 Å². The summed E-state index contributed by atoms with van der Waals surface area (Å²) in [7, 11) is 0. The molecule has 171 valence electrons. The fourth-order valence-corrected chi connectivity index (χ4v) is 2.61. The molecule has 2 aromatic rings. The average molecular weight is 472 g/mol. The minimum Gasteiger partial charge on any atom is -0.507 e. The first kappa shape index (κ1) is 28.4. The van der Waals surface area contributed by atoms with Crippen LogP contribution in [-0.4, -0.2) is 21.8 Å². The number of carbonyl (C=O) groups is 2. The normalized spacial score (nSPS) is 11.4. The molecule has 0 fully saturated rings. The van der Waals surface area contributed by atoms with Gasteiger partial charge in [0, 0.05) is 53.2 Å². The van der Waals surface area contributed by atoms with Crippen LogP contribution < -0.4 is 0 Å². The van der Waals surface area contributed by atoms with Crippen molar-refractivity contribution >= 4 is 23.1 Å². The van der Waals surface area contributed by atoms with Crippen LogP contribution in [0, 0.1) is 11.8 Å². The summed E-state index contributed by atoms with van der Waals surface area (Å²) in [6, 6.07) is 18.1. The first-order valence-electron chi connectivity index (χ1n) is 10.2. The molecule has 0 saturated carbocycles. The first-order chi connectivity index (χ1) is 14.2. The van der Waals surface area contributed by atoms with Crippen molar-refractivity contribution in [2.24, 2.45) is 11.8 Å². The van der Waals surface area contributed by atoms with Crippen molar-refractivity contribution in [1.82, 2.24) is 0 Å². The molecule has 0 aromatic heterocycles. The van der Waals surface area contributed by atoms with E-state index in [0.717, 1.165) is 0 Å². The summed E-state index contributed by atoms with van der Waals surface area (Å²) < 4.78 is 0. The summed E-state index contributed by atoms with van der Waals surface area (Å²) in [6.45, 7) is 7.91. The molecule has 0 spiro atoms. The van der Waals surface area contributed by atoms with Gasteiger partial charge in [0.05, 0.1) is 0 Å². The zero-order valence-electron chi connectivity index (χ0n) is 18.5. The Kier molecular flexibility index (Phi) is 13.9. The molecule has 2 aromatic carbocycles. The van der Waals surface area contributed by atoms with Crippen molar-refractivity contribution in [1.29, 1.82) is 0 Å². The fraction of sp³-hybridized carbons (Fsp3) is 0.308. The average Bonchev–Trinajstić information content (AvgIpc) is 2.68. The number of hydrogen-bond acceptors (Lipinski definition) is 4. The molecule has 0 heterocycles. The molecular formula is C26H32CuO4. The number of benzene rings is 2. The second kappa shape index (κ2) is 15.2. The molecule has 0 atom stereocenters. The van der Waals surface area contributed by atoms with E-state index in [-0.39, 0.29) is 40.2 Å². The zero-order valence-corrected chi connectivity index (χ0v) is 19.5. The monoisotopic (exact) mass is 471 g/mol. The molecule has 0 aliphatic heterocycles. The van der Waals surface area contributed by atoms with Crippen LogP contribution in [0.5, 0.6) is 0 Å². The summed E-state index contributed by atoms with van der Waals surface area (Å²) >= 11 is 0. The largest absolute Gasteiger partial charge is 0.507 e. The Hall–Kier alpha value is -2.62. The summed E-state index contributed by atoms with van der Waals surface area (Å²) in [5.74, 6) is 0.648. The van der Waals surface area contributed by atoms with Gasteiger partial charge in [-0.2, -0.15) is 0 Å². The van der Waals surface area contributed by atoms with E-state index in [2.05, 4.69) is 0 Å². The predicted octanol–water partition coefficient (Wildman–Crippen LogP) is 6.40. The number of ketones is 2. The molecule has 4 nitrogen and oxygen atoms in total. The number of allylic oxidation sites excluding steroid dienone is 2. The summed E-state index contributed by atoms with van der Waals surface area (Å²) in [4.78, 5) is 22.8. The molecule has 1 radical (unpaired) electrons. The minimum atomic E-state index is -0.0358. The number of aliphatic hydroxyl groups is 2. The molecule has 0 saturated heterocycles. The van der Waals surface area contributed by atoms with E-state index in [9.17, 15) is 19.8 Å². The molecular weight excluding hydrogens is 440 g/mol. The topological polar surface area (TPSA) is 74.6 Å². The van der Waals surface area contributed by atoms with Crippen molar-refractivity contribution in [3.8, 4) is 0 Å². The zero-order chi connectivity index (χ0) is 22.5. The molecule has 2 N–H and O–H groups in total. The van der Waals surface area contributed by atoms with E-state index in [0.29, 0.717) is 35.8 Å². The Morgan fingerprint density at radius 1 is 0.677 bits per heavy atom. The van der Waals surface area contributed by atoms with Crippen LogP contribution in [0.15, 0.2) is 72.8 Å². The van der Waals surface area contributed by atoms with Crippen molar-refractivity contribution in [3.63, 3.8) is 0 Å². The van der Waals surface area contributed by atoms with E-state index < -0.39 is 0 Å². The van der Waals surface area contributed by atoms with Crippen LogP contribution in [0.3, 0.4) is 0 Å². The minimum absolute atomic E-state index is 0. The predicted molar refractivity (Wildman–Crippen MR) is 123 cm³/mol. The second-order valence-electron chi connectivity index (χ2n) is 7.92. The standard InChI is InChI=1S/2C13H16O2.Cu/c2*1-10(2)8-12(14)9-13(15)11-6-4-3-5-7-11;/h2*3-7,9-10,15H,8H2,1-2H3;/b2*13-9-;. The Labute approximate surface area is 196 Å². The SMILES string of the molecule is CC(C)CC(=O)/C=C(\O)c1ccccc1.CC(C)CC(=O)/C=C(\O)c1ccccc1.[Cu]. The molecule has 2 rings (SSSR count). The van der Waals surface area contributed by atoms with Gasteiger partial charge in [0.25, 0.3) is 0 Å². The third-order valence-electron chi connectivity index (χ3n) is 3.95. The van der Waals surface area contributed by atoms with Gasteiger partial charge >= 0.3 is 0 Å². The van der Waals surface area contributed by atoms with Crippen LogP contribution >= 0.6 is 0 Å². The first-order valence-corrected chi connectivity index (χ1v) is 10.2. The van der Waals surface area contributed by atoms with Crippen molar-refractivity contribution < 1.29 is 36.9 Å². The number of aliphatic hydroxyl groups excluding tert-OH is 2. The van der Waals surface area contributed by atoms with E-state index in [1.165, 1.54) is 12.2 Å². The van der Waals surface area contributed by atoms with E-state index >= 15 is 0 Å². The van der Waals surface area contributed by atoms with Crippen LogP contribution in [0.25, 0.3) is 11.5 Å². The maximum absolute atomic E-state index is 11.4. The van der Waals surface area contributed by atoms with Gasteiger partial charge in [0.1, 0.15) is 11.5 Å². The van der Waals surface area contributed by atoms with Crippen LogP contribution in [0.2, 0.25) is 0 Å². The molecule has 0 bridgehead atoms. The smallest absolute Gasteiger partial charge is 0.159 e. The number of hydrogen-bond donors (Lipinski definition) is 2. The maximum Gasteiger partial charge on any atom is 0.159 e. The molecule has 31 heavy (non-hydrogen) atoms. The summed E-state index contributed by atoms with van der Waals surface area (Å²) in [5.41, 5.74) is 1.35. The number of rotatable bonds is 8. The van der Waals surface area contributed by atoms with Crippen LogP contribution in [0.1, 0.15) is 51.7 Å². The Bertz CT molecular complexity index is 780. The fourth-order valence-electron chi connectivity index (χ4n) is 2.61. The van der Waals surface area contributed by atoms with Gasteiger partial charge in [-0.3, -0.25) is 9.59 Å². The van der Waals surface area contributed by atoms with Gasteiger partial charge in [-0.15, -0.1) is 0 Å². The van der Waals surface area contributed by atoms with Gasteiger partial charge < -0.3 is 10.2 Å². The van der Waals surface area contributed by atoms with Gasteiger partial charge in [-0.05, 0) is 11.8 Å². The number of carbonyl (C=O) groups excluding carboxylic acids is 2.